The molecule has 2 aromatic rings. The van der Waals surface area contributed by atoms with Gasteiger partial charge in [0.15, 0.2) is 5.76 Å². The van der Waals surface area contributed by atoms with Gasteiger partial charge in [0, 0.05) is 17.6 Å². The molecule has 0 N–H and O–H groups in total. The summed E-state index contributed by atoms with van der Waals surface area (Å²) in [5.41, 5.74) is 2.35. The SMILES string of the molecule is O=C1/C(=C\c2ccccc2Cl)Oc2c1ccc1c2CN(C2CCCCC2)CO1. The molecule has 1 aliphatic carbocycles. The molecule has 4 nitrogen and oxygen atoms in total. The molecule has 144 valence electrons. The largest absolute Gasteiger partial charge is 0.478 e. The second-order valence-electron chi connectivity index (χ2n) is 7.69. The zero-order valence-electron chi connectivity index (χ0n) is 15.6. The van der Waals surface area contributed by atoms with E-state index in [2.05, 4.69) is 4.90 Å². The number of halogens is 1. The number of hydrogen-bond donors (Lipinski definition) is 0. The number of ether oxygens (including phenoxy) is 2. The van der Waals surface area contributed by atoms with Crippen molar-refractivity contribution in [3.8, 4) is 11.5 Å². The average Bonchev–Trinajstić information content (AvgIpc) is 3.06. The smallest absolute Gasteiger partial charge is 0.231 e. The minimum atomic E-state index is -0.104. The minimum Gasteiger partial charge on any atom is -0.478 e. The Morgan fingerprint density at radius 2 is 1.89 bits per heavy atom. The fourth-order valence-electron chi connectivity index (χ4n) is 4.39. The number of hydrogen-bond acceptors (Lipinski definition) is 4. The summed E-state index contributed by atoms with van der Waals surface area (Å²) in [4.78, 5) is 15.3. The molecule has 0 amide bonds. The van der Waals surface area contributed by atoms with Crippen LogP contribution in [0.4, 0.5) is 0 Å². The molecule has 0 atom stereocenters. The zero-order valence-corrected chi connectivity index (χ0v) is 16.4. The van der Waals surface area contributed by atoms with Crippen molar-refractivity contribution < 1.29 is 14.3 Å². The van der Waals surface area contributed by atoms with E-state index in [9.17, 15) is 4.79 Å². The van der Waals surface area contributed by atoms with E-state index in [4.69, 9.17) is 21.1 Å². The number of carbonyl (C=O) groups excluding carboxylic acids is 1. The molecular formula is C23H22ClNO3. The number of fused-ring (bicyclic) bond motifs is 3. The van der Waals surface area contributed by atoms with Crippen LogP contribution in [0.1, 0.15) is 53.6 Å². The van der Waals surface area contributed by atoms with Crippen molar-refractivity contribution in [3.05, 3.63) is 63.9 Å². The van der Waals surface area contributed by atoms with Crippen molar-refractivity contribution >= 4 is 23.5 Å². The molecule has 2 aliphatic heterocycles. The summed E-state index contributed by atoms with van der Waals surface area (Å²) in [6, 6.07) is 11.7. The van der Waals surface area contributed by atoms with Crippen LogP contribution in [0.5, 0.6) is 11.5 Å². The number of carbonyl (C=O) groups is 1. The van der Waals surface area contributed by atoms with E-state index < -0.39 is 0 Å². The third-order valence-corrected chi connectivity index (χ3v) is 6.27. The minimum absolute atomic E-state index is 0.104. The molecule has 0 unspecified atom stereocenters. The number of ketones is 1. The Labute approximate surface area is 169 Å². The monoisotopic (exact) mass is 395 g/mol. The van der Waals surface area contributed by atoms with Crippen LogP contribution in [0.2, 0.25) is 5.02 Å². The summed E-state index contributed by atoms with van der Waals surface area (Å²) in [5.74, 6) is 1.66. The average molecular weight is 396 g/mol. The van der Waals surface area contributed by atoms with Gasteiger partial charge in [-0.3, -0.25) is 9.69 Å². The van der Waals surface area contributed by atoms with Crippen molar-refractivity contribution in [1.29, 1.82) is 0 Å². The van der Waals surface area contributed by atoms with E-state index in [1.807, 2.05) is 24.3 Å². The number of allylic oxidation sites excluding steroid dienone is 1. The Balaban J connectivity index is 1.46. The lowest BCUT2D eigenvalue weighted by Gasteiger charge is -2.37. The van der Waals surface area contributed by atoms with Crippen molar-refractivity contribution in [2.75, 3.05) is 6.73 Å². The van der Waals surface area contributed by atoms with Gasteiger partial charge in [-0.1, -0.05) is 49.1 Å². The van der Waals surface area contributed by atoms with Crippen LogP contribution < -0.4 is 9.47 Å². The molecule has 0 aromatic heterocycles. The number of Topliss-reactive ketones (excluding diaryl/α,β-unsaturated/α-hetero) is 1. The molecule has 0 saturated heterocycles. The number of benzene rings is 2. The predicted molar refractivity (Wildman–Crippen MR) is 109 cm³/mol. The molecule has 5 rings (SSSR count). The summed E-state index contributed by atoms with van der Waals surface area (Å²) < 4.78 is 12.1. The third-order valence-electron chi connectivity index (χ3n) is 5.93. The molecule has 2 aromatic carbocycles. The Morgan fingerprint density at radius 1 is 1.07 bits per heavy atom. The fraction of sp³-hybridized carbons (Fsp3) is 0.348. The Bertz CT molecular complexity index is 962. The number of nitrogens with zero attached hydrogens (tertiary/aromatic N) is 1. The van der Waals surface area contributed by atoms with Gasteiger partial charge in [0.1, 0.15) is 18.2 Å². The van der Waals surface area contributed by atoms with Crippen LogP contribution in [-0.4, -0.2) is 23.5 Å². The van der Waals surface area contributed by atoms with Crippen molar-refractivity contribution in [2.45, 2.75) is 44.7 Å². The lowest BCUT2D eigenvalue weighted by Crippen LogP contribution is -2.41. The van der Waals surface area contributed by atoms with Crippen molar-refractivity contribution in [3.63, 3.8) is 0 Å². The van der Waals surface area contributed by atoms with Crippen molar-refractivity contribution in [1.82, 2.24) is 4.90 Å². The molecule has 28 heavy (non-hydrogen) atoms. The van der Waals surface area contributed by atoms with Gasteiger partial charge in [-0.25, -0.2) is 0 Å². The normalized spacial score (nSPS) is 21.2. The second-order valence-corrected chi connectivity index (χ2v) is 8.10. The van der Waals surface area contributed by atoms with E-state index in [1.54, 1.807) is 18.2 Å². The maximum atomic E-state index is 12.9. The Kier molecular flexibility index (Phi) is 4.61. The molecule has 1 saturated carbocycles. The lowest BCUT2D eigenvalue weighted by atomic mass is 9.93. The molecule has 3 aliphatic rings. The third kappa shape index (κ3) is 3.11. The van der Waals surface area contributed by atoms with Gasteiger partial charge in [0.05, 0.1) is 11.1 Å². The van der Waals surface area contributed by atoms with Crippen molar-refractivity contribution in [2.24, 2.45) is 0 Å². The molecule has 1 fully saturated rings. The van der Waals surface area contributed by atoms with E-state index in [1.165, 1.54) is 32.1 Å². The summed E-state index contributed by atoms with van der Waals surface area (Å²) in [7, 11) is 0. The first kappa shape index (κ1) is 17.8. The molecule has 5 heteroatoms. The molecule has 2 heterocycles. The number of rotatable bonds is 2. The van der Waals surface area contributed by atoms with Gasteiger partial charge in [0.2, 0.25) is 5.78 Å². The Morgan fingerprint density at radius 3 is 2.71 bits per heavy atom. The van der Waals surface area contributed by atoms with Gasteiger partial charge in [-0.05, 0) is 42.7 Å². The lowest BCUT2D eigenvalue weighted by molar-refractivity contribution is 0.0394. The standard InChI is InChI=1S/C23H22ClNO3/c24-19-9-5-4-6-15(19)12-21-22(26)17-10-11-20-18(23(17)28-21)13-25(14-27-20)16-7-2-1-3-8-16/h4-6,9-12,16H,1-3,7-8,13-14H2/b21-12+. The maximum Gasteiger partial charge on any atom is 0.231 e. The summed E-state index contributed by atoms with van der Waals surface area (Å²) in [5, 5.41) is 0.594. The summed E-state index contributed by atoms with van der Waals surface area (Å²) in [6.07, 6.45) is 8.03. The highest BCUT2D eigenvalue weighted by Crippen LogP contribution is 2.43. The molecular weight excluding hydrogens is 374 g/mol. The topological polar surface area (TPSA) is 38.8 Å². The van der Waals surface area contributed by atoms with Crippen LogP contribution in [0.3, 0.4) is 0 Å². The van der Waals surface area contributed by atoms with Gasteiger partial charge in [-0.2, -0.15) is 0 Å². The van der Waals surface area contributed by atoms with Crippen LogP contribution in [-0.2, 0) is 6.54 Å². The van der Waals surface area contributed by atoms with Crippen LogP contribution in [0, 0.1) is 0 Å². The van der Waals surface area contributed by atoms with Gasteiger partial charge >= 0.3 is 0 Å². The van der Waals surface area contributed by atoms with Crippen LogP contribution in [0.15, 0.2) is 42.2 Å². The summed E-state index contributed by atoms with van der Waals surface area (Å²) >= 11 is 6.24. The summed E-state index contributed by atoms with van der Waals surface area (Å²) in [6.45, 7) is 1.36. The van der Waals surface area contributed by atoms with E-state index >= 15 is 0 Å². The van der Waals surface area contributed by atoms with Gasteiger partial charge in [-0.15, -0.1) is 0 Å². The van der Waals surface area contributed by atoms with Crippen LogP contribution in [0.25, 0.3) is 6.08 Å². The highest BCUT2D eigenvalue weighted by molar-refractivity contribution is 6.32. The first-order valence-corrected chi connectivity index (χ1v) is 10.3. The molecule has 0 spiro atoms. The maximum absolute atomic E-state index is 12.9. The van der Waals surface area contributed by atoms with E-state index in [0.29, 0.717) is 34.9 Å². The predicted octanol–water partition coefficient (Wildman–Crippen LogP) is 5.44. The van der Waals surface area contributed by atoms with Gasteiger partial charge < -0.3 is 9.47 Å². The van der Waals surface area contributed by atoms with E-state index in [0.717, 1.165) is 23.4 Å². The van der Waals surface area contributed by atoms with Gasteiger partial charge in [0.25, 0.3) is 0 Å². The fourth-order valence-corrected chi connectivity index (χ4v) is 4.58. The molecule has 0 radical (unpaired) electrons. The first-order chi connectivity index (χ1) is 13.7. The van der Waals surface area contributed by atoms with Crippen LogP contribution >= 0.6 is 11.6 Å². The Hall–Kier alpha value is -2.30. The highest BCUT2D eigenvalue weighted by atomic mass is 35.5. The quantitative estimate of drug-likeness (QED) is 0.634. The molecule has 0 bridgehead atoms. The first-order valence-electron chi connectivity index (χ1n) is 9.92. The van der Waals surface area contributed by atoms with E-state index in [-0.39, 0.29) is 5.78 Å². The zero-order chi connectivity index (χ0) is 19.1. The second kappa shape index (κ2) is 7.26. The highest BCUT2D eigenvalue weighted by Gasteiger charge is 2.35.